The van der Waals surface area contributed by atoms with Crippen LogP contribution in [0.25, 0.3) is 10.9 Å². The van der Waals surface area contributed by atoms with Crippen LogP contribution in [0, 0.1) is 0 Å². The van der Waals surface area contributed by atoms with Crippen LogP contribution in [-0.2, 0) is 16.0 Å². The molecule has 0 saturated carbocycles. The zero-order chi connectivity index (χ0) is 17.1. The van der Waals surface area contributed by atoms with Crippen molar-refractivity contribution in [1.29, 1.82) is 0 Å². The van der Waals surface area contributed by atoms with Gasteiger partial charge < -0.3 is 19.4 Å². The maximum absolute atomic E-state index is 12.9. The first kappa shape index (κ1) is 17.0. The van der Waals surface area contributed by atoms with Crippen molar-refractivity contribution in [1.82, 2.24) is 9.88 Å². The molecule has 5 heteroatoms. The fraction of sp³-hybridized carbons (Fsp3) is 0.526. The maximum Gasteiger partial charge on any atom is 0.268 e. The van der Waals surface area contributed by atoms with Crippen LogP contribution in [0.4, 0.5) is 0 Å². The number of methoxy groups -OCH3 is 1. The summed E-state index contributed by atoms with van der Waals surface area (Å²) in [5.41, 5.74) is 1.76. The van der Waals surface area contributed by atoms with E-state index in [1.165, 1.54) is 0 Å². The van der Waals surface area contributed by atoms with E-state index < -0.39 is 0 Å². The molecule has 130 valence electrons. The van der Waals surface area contributed by atoms with Crippen molar-refractivity contribution in [3.8, 4) is 0 Å². The Morgan fingerprint density at radius 2 is 2.00 bits per heavy atom. The number of para-hydroxylation sites is 1. The number of rotatable bonds is 5. The summed E-state index contributed by atoms with van der Waals surface area (Å²) in [7, 11) is 1.68. The minimum atomic E-state index is -0.0198. The predicted molar refractivity (Wildman–Crippen MR) is 94.3 cm³/mol. The van der Waals surface area contributed by atoms with E-state index >= 15 is 0 Å². The third kappa shape index (κ3) is 3.62. The lowest BCUT2D eigenvalue weighted by atomic mass is 10.00. The first-order valence-electron chi connectivity index (χ1n) is 8.62. The third-order valence-electron chi connectivity index (χ3n) is 4.59. The summed E-state index contributed by atoms with van der Waals surface area (Å²) in [6.45, 7) is 5.35. The number of nitrogens with one attached hydrogen (secondary N) is 1. The average molecular weight is 330 g/mol. The van der Waals surface area contributed by atoms with Crippen molar-refractivity contribution in [2.45, 2.75) is 51.5 Å². The van der Waals surface area contributed by atoms with Crippen molar-refractivity contribution in [3.05, 3.63) is 36.0 Å². The molecule has 2 aromatic rings. The van der Waals surface area contributed by atoms with Gasteiger partial charge in [-0.05, 0) is 38.8 Å². The molecule has 1 saturated heterocycles. The summed E-state index contributed by atoms with van der Waals surface area (Å²) < 4.78 is 13.0. The summed E-state index contributed by atoms with van der Waals surface area (Å²) in [6, 6.07) is 10.2. The fourth-order valence-corrected chi connectivity index (χ4v) is 3.60. The van der Waals surface area contributed by atoms with Gasteiger partial charge in [0.15, 0.2) is 0 Å². The molecule has 24 heavy (non-hydrogen) atoms. The van der Waals surface area contributed by atoms with E-state index in [0.29, 0.717) is 18.8 Å². The van der Waals surface area contributed by atoms with Crippen LogP contribution >= 0.6 is 0 Å². The molecule has 0 bridgehead atoms. The zero-order valence-electron chi connectivity index (χ0n) is 14.6. The molecular formula is C19H26N2O3. The summed E-state index contributed by atoms with van der Waals surface area (Å²) in [5.74, 6) is -0.0198. The number of ether oxygens (including phenoxy) is 2. The van der Waals surface area contributed by atoms with Crippen molar-refractivity contribution in [2.24, 2.45) is 0 Å². The van der Waals surface area contributed by atoms with Crippen molar-refractivity contribution >= 4 is 16.8 Å². The molecule has 0 radical (unpaired) electrons. The van der Waals surface area contributed by atoms with E-state index in [9.17, 15) is 4.79 Å². The standard InChI is InChI=1S/C19H26N2O3/c1-13-10-16(11-14(2)24-13)20-19(22)18-12-15-6-4-5-7-17(15)21(18)8-9-23-3/h4-7,12-14,16H,8-11H2,1-3H3,(H,20,22)/t13-,14-/m1/s1. The van der Waals surface area contributed by atoms with E-state index in [4.69, 9.17) is 9.47 Å². The number of aromatic nitrogens is 1. The highest BCUT2D eigenvalue weighted by Crippen LogP contribution is 2.22. The Bertz CT molecular complexity index is 700. The quantitative estimate of drug-likeness (QED) is 0.917. The first-order valence-corrected chi connectivity index (χ1v) is 8.62. The van der Waals surface area contributed by atoms with Gasteiger partial charge in [-0.2, -0.15) is 0 Å². The topological polar surface area (TPSA) is 52.5 Å². The molecule has 1 aromatic heterocycles. The van der Waals surface area contributed by atoms with Crippen LogP contribution in [0.15, 0.2) is 30.3 Å². The molecule has 1 aromatic carbocycles. The number of benzene rings is 1. The summed E-state index contributed by atoms with van der Waals surface area (Å²) in [6.07, 6.45) is 2.07. The molecule has 0 unspecified atom stereocenters. The third-order valence-corrected chi connectivity index (χ3v) is 4.59. The minimum Gasteiger partial charge on any atom is -0.383 e. The Morgan fingerprint density at radius 1 is 1.29 bits per heavy atom. The molecular weight excluding hydrogens is 304 g/mol. The van der Waals surface area contributed by atoms with Crippen LogP contribution < -0.4 is 5.32 Å². The smallest absolute Gasteiger partial charge is 0.268 e. The molecule has 3 rings (SSSR count). The second kappa shape index (κ2) is 7.36. The van der Waals surface area contributed by atoms with E-state index in [1.807, 2.05) is 34.9 Å². The van der Waals surface area contributed by atoms with Gasteiger partial charge >= 0.3 is 0 Å². The number of carbonyl (C=O) groups excluding carboxylic acids is 1. The molecule has 1 fully saturated rings. The molecule has 2 heterocycles. The molecule has 0 aliphatic carbocycles. The Kier molecular flexibility index (Phi) is 5.21. The Labute approximate surface area is 142 Å². The van der Waals surface area contributed by atoms with E-state index in [1.54, 1.807) is 7.11 Å². The Morgan fingerprint density at radius 3 is 2.71 bits per heavy atom. The van der Waals surface area contributed by atoms with Gasteiger partial charge in [0, 0.05) is 30.6 Å². The zero-order valence-corrected chi connectivity index (χ0v) is 14.6. The summed E-state index contributed by atoms with van der Waals surface area (Å²) in [4.78, 5) is 12.9. The van der Waals surface area contributed by atoms with Crippen molar-refractivity contribution in [2.75, 3.05) is 13.7 Å². The van der Waals surface area contributed by atoms with Gasteiger partial charge in [-0.3, -0.25) is 4.79 Å². The fourth-order valence-electron chi connectivity index (χ4n) is 3.60. The van der Waals surface area contributed by atoms with Crippen LogP contribution in [0.2, 0.25) is 0 Å². The molecule has 1 aliphatic rings. The normalized spacial score (nSPS) is 24.2. The number of nitrogens with zero attached hydrogens (tertiary/aromatic N) is 1. The molecule has 5 nitrogen and oxygen atoms in total. The molecule has 1 amide bonds. The highest BCUT2D eigenvalue weighted by atomic mass is 16.5. The Hall–Kier alpha value is -1.85. The van der Waals surface area contributed by atoms with Crippen LogP contribution in [0.1, 0.15) is 37.2 Å². The molecule has 0 spiro atoms. The van der Waals surface area contributed by atoms with Gasteiger partial charge in [0.25, 0.3) is 5.91 Å². The lowest BCUT2D eigenvalue weighted by Crippen LogP contribution is -2.44. The second-order valence-corrected chi connectivity index (χ2v) is 6.63. The predicted octanol–water partition coefficient (Wildman–Crippen LogP) is 2.97. The van der Waals surface area contributed by atoms with Crippen LogP contribution in [0.3, 0.4) is 0 Å². The number of hydrogen-bond donors (Lipinski definition) is 1. The number of amides is 1. The molecule has 2 atom stereocenters. The minimum absolute atomic E-state index is 0.0198. The number of fused-ring (bicyclic) bond motifs is 1. The monoisotopic (exact) mass is 330 g/mol. The first-order chi connectivity index (χ1) is 11.6. The van der Waals surface area contributed by atoms with Gasteiger partial charge in [0.1, 0.15) is 5.69 Å². The van der Waals surface area contributed by atoms with E-state index in [0.717, 1.165) is 23.7 Å². The number of carbonyl (C=O) groups is 1. The Balaban J connectivity index is 1.83. The van der Waals surface area contributed by atoms with Gasteiger partial charge in [-0.25, -0.2) is 0 Å². The van der Waals surface area contributed by atoms with Crippen LogP contribution in [-0.4, -0.2) is 42.4 Å². The van der Waals surface area contributed by atoms with Crippen molar-refractivity contribution < 1.29 is 14.3 Å². The number of hydrogen-bond acceptors (Lipinski definition) is 3. The van der Waals surface area contributed by atoms with Gasteiger partial charge in [-0.1, -0.05) is 18.2 Å². The average Bonchev–Trinajstić information content (AvgIpc) is 2.90. The summed E-state index contributed by atoms with van der Waals surface area (Å²) in [5, 5.41) is 4.27. The largest absolute Gasteiger partial charge is 0.383 e. The highest BCUT2D eigenvalue weighted by molar-refractivity contribution is 5.98. The van der Waals surface area contributed by atoms with Gasteiger partial charge in [0.05, 0.1) is 18.8 Å². The molecule has 1 aliphatic heterocycles. The lowest BCUT2D eigenvalue weighted by Gasteiger charge is -2.32. The van der Waals surface area contributed by atoms with Gasteiger partial charge in [-0.15, -0.1) is 0 Å². The van der Waals surface area contributed by atoms with Gasteiger partial charge in [0.2, 0.25) is 0 Å². The highest BCUT2D eigenvalue weighted by Gasteiger charge is 2.27. The van der Waals surface area contributed by atoms with E-state index in [2.05, 4.69) is 19.2 Å². The van der Waals surface area contributed by atoms with Crippen LogP contribution in [0.5, 0.6) is 0 Å². The van der Waals surface area contributed by atoms with Crippen molar-refractivity contribution in [3.63, 3.8) is 0 Å². The second-order valence-electron chi connectivity index (χ2n) is 6.63. The van der Waals surface area contributed by atoms with E-state index in [-0.39, 0.29) is 24.2 Å². The summed E-state index contributed by atoms with van der Waals surface area (Å²) >= 11 is 0. The maximum atomic E-state index is 12.9. The molecule has 1 N–H and O–H groups in total. The SMILES string of the molecule is COCCn1c(C(=O)NC2C[C@@H](C)O[C@H](C)C2)cc2ccccc21. The lowest BCUT2D eigenvalue weighted by molar-refractivity contribution is -0.0408.